The van der Waals surface area contributed by atoms with Crippen LogP contribution in [0, 0.1) is 0 Å². The van der Waals surface area contributed by atoms with Crippen molar-refractivity contribution in [3.05, 3.63) is 12.4 Å². The molecule has 0 aliphatic carbocycles. The molecule has 2 heterocycles. The number of aromatic amines is 1. The Morgan fingerprint density at radius 2 is 2.18 bits per heavy atom. The number of anilines is 1. The van der Waals surface area contributed by atoms with E-state index < -0.39 is 0 Å². The van der Waals surface area contributed by atoms with Crippen LogP contribution in [0.1, 0.15) is 0 Å². The minimum atomic E-state index is 0.992. The molecule has 1 aliphatic rings. The predicted octanol–water partition coefficient (Wildman–Crippen LogP) is -0.181. The van der Waals surface area contributed by atoms with Crippen molar-refractivity contribution in [1.29, 1.82) is 0 Å². The zero-order valence-electron chi connectivity index (χ0n) is 6.38. The highest BCUT2D eigenvalue weighted by molar-refractivity contribution is 5.29. The third-order valence-electron chi connectivity index (χ3n) is 1.90. The molecule has 1 aromatic heterocycles. The molecule has 0 saturated carbocycles. The van der Waals surface area contributed by atoms with Crippen LogP contribution >= 0.6 is 0 Å². The van der Waals surface area contributed by atoms with Crippen molar-refractivity contribution in [2.45, 2.75) is 0 Å². The Balaban J connectivity index is 2.04. The van der Waals surface area contributed by atoms with E-state index in [9.17, 15) is 0 Å². The minimum Gasteiger partial charge on any atom is -0.340 e. The molecule has 0 aromatic carbocycles. The molecule has 4 nitrogen and oxygen atoms in total. The summed E-state index contributed by atoms with van der Waals surface area (Å²) in [5.74, 6) is 0.992. The summed E-state index contributed by atoms with van der Waals surface area (Å²) in [4.78, 5) is 9.52. The van der Waals surface area contributed by atoms with Crippen LogP contribution in [-0.4, -0.2) is 36.1 Å². The van der Waals surface area contributed by atoms with Crippen LogP contribution in [0.3, 0.4) is 0 Å². The number of H-pyrrole nitrogens is 1. The Hall–Kier alpha value is -1.03. The van der Waals surface area contributed by atoms with Crippen LogP contribution in [-0.2, 0) is 0 Å². The number of aromatic nitrogens is 2. The summed E-state index contributed by atoms with van der Waals surface area (Å²) in [5.41, 5.74) is 0. The SMILES string of the molecule is c1c[nH]c(N2CCNCC2)n1. The molecule has 0 amide bonds. The van der Waals surface area contributed by atoms with Crippen LogP contribution in [0.5, 0.6) is 0 Å². The first kappa shape index (κ1) is 6.67. The highest BCUT2D eigenvalue weighted by atomic mass is 15.3. The topological polar surface area (TPSA) is 44.0 Å². The van der Waals surface area contributed by atoms with Crippen LogP contribution < -0.4 is 10.2 Å². The van der Waals surface area contributed by atoms with E-state index in [1.54, 1.807) is 6.20 Å². The first-order valence-electron chi connectivity index (χ1n) is 3.92. The van der Waals surface area contributed by atoms with Crippen molar-refractivity contribution in [2.24, 2.45) is 0 Å². The minimum absolute atomic E-state index is 0.992. The summed E-state index contributed by atoms with van der Waals surface area (Å²) >= 11 is 0. The lowest BCUT2D eigenvalue weighted by molar-refractivity contribution is 0.581. The van der Waals surface area contributed by atoms with Gasteiger partial charge in [-0.15, -0.1) is 0 Å². The first-order valence-corrected chi connectivity index (χ1v) is 3.92. The van der Waals surface area contributed by atoms with E-state index in [1.807, 2.05) is 6.20 Å². The molecule has 4 heteroatoms. The number of hydrogen-bond donors (Lipinski definition) is 2. The summed E-state index contributed by atoms with van der Waals surface area (Å²) in [6.45, 7) is 4.21. The number of piperazine rings is 1. The lowest BCUT2D eigenvalue weighted by Gasteiger charge is -2.26. The molecular formula is C7H12N4. The maximum Gasteiger partial charge on any atom is 0.202 e. The van der Waals surface area contributed by atoms with Gasteiger partial charge in [0.15, 0.2) is 0 Å². The van der Waals surface area contributed by atoms with Crippen LogP contribution in [0.2, 0.25) is 0 Å². The summed E-state index contributed by atoms with van der Waals surface area (Å²) in [7, 11) is 0. The van der Waals surface area contributed by atoms with Crippen LogP contribution in [0.25, 0.3) is 0 Å². The fraction of sp³-hybridized carbons (Fsp3) is 0.571. The summed E-state index contributed by atoms with van der Waals surface area (Å²) in [6.07, 6.45) is 3.65. The maximum atomic E-state index is 4.18. The molecule has 1 aliphatic heterocycles. The quantitative estimate of drug-likeness (QED) is 0.586. The second-order valence-corrected chi connectivity index (χ2v) is 2.65. The standard InChI is InChI=1S/C7H12N4/c1-2-10-7(9-1)11-5-3-8-4-6-11/h1-2,8H,3-6H2,(H,9,10). The summed E-state index contributed by atoms with van der Waals surface area (Å²) < 4.78 is 0. The first-order chi connectivity index (χ1) is 5.47. The second kappa shape index (κ2) is 2.92. The van der Waals surface area contributed by atoms with E-state index in [4.69, 9.17) is 0 Å². The average molecular weight is 152 g/mol. The van der Waals surface area contributed by atoms with Gasteiger partial charge in [-0.1, -0.05) is 0 Å². The van der Waals surface area contributed by atoms with Crippen molar-refractivity contribution < 1.29 is 0 Å². The smallest absolute Gasteiger partial charge is 0.202 e. The Labute approximate surface area is 65.6 Å². The Morgan fingerprint density at radius 3 is 2.82 bits per heavy atom. The molecule has 0 spiro atoms. The van der Waals surface area contributed by atoms with Crippen LogP contribution in [0.15, 0.2) is 12.4 Å². The second-order valence-electron chi connectivity index (χ2n) is 2.65. The molecule has 0 radical (unpaired) electrons. The van der Waals surface area contributed by atoms with Gasteiger partial charge in [0, 0.05) is 38.6 Å². The monoisotopic (exact) mass is 152 g/mol. The number of nitrogens with zero attached hydrogens (tertiary/aromatic N) is 2. The van der Waals surface area contributed by atoms with Gasteiger partial charge >= 0.3 is 0 Å². The largest absolute Gasteiger partial charge is 0.340 e. The highest BCUT2D eigenvalue weighted by Gasteiger charge is 2.10. The molecule has 11 heavy (non-hydrogen) atoms. The number of hydrogen-bond acceptors (Lipinski definition) is 3. The van der Waals surface area contributed by atoms with E-state index in [0.717, 1.165) is 32.1 Å². The van der Waals surface area contributed by atoms with E-state index in [-0.39, 0.29) is 0 Å². The van der Waals surface area contributed by atoms with E-state index in [1.165, 1.54) is 0 Å². The van der Waals surface area contributed by atoms with Gasteiger partial charge in [0.2, 0.25) is 5.95 Å². The van der Waals surface area contributed by atoms with Gasteiger partial charge in [-0.2, -0.15) is 0 Å². The third-order valence-corrected chi connectivity index (χ3v) is 1.90. The van der Waals surface area contributed by atoms with Crippen molar-refractivity contribution in [3.8, 4) is 0 Å². The van der Waals surface area contributed by atoms with Gasteiger partial charge in [0.1, 0.15) is 0 Å². The molecular weight excluding hydrogens is 140 g/mol. The normalized spacial score (nSPS) is 18.7. The van der Waals surface area contributed by atoms with Gasteiger partial charge in [-0.3, -0.25) is 0 Å². The molecule has 1 fully saturated rings. The molecule has 0 bridgehead atoms. The fourth-order valence-corrected chi connectivity index (χ4v) is 1.31. The lowest BCUT2D eigenvalue weighted by atomic mass is 10.4. The summed E-state index contributed by atoms with van der Waals surface area (Å²) in [5, 5.41) is 3.29. The number of nitrogens with one attached hydrogen (secondary N) is 2. The van der Waals surface area contributed by atoms with Gasteiger partial charge in [0.25, 0.3) is 0 Å². The molecule has 1 saturated heterocycles. The third kappa shape index (κ3) is 1.35. The lowest BCUT2D eigenvalue weighted by Crippen LogP contribution is -2.44. The van der Waals surface area contributed by atoms with Crippen LogP contribution in [0.4, 0.5) is 5.95 Å². The van der Waals surface area contributed by atoms with Crippen molar-refractivity contribution in [1.82, 2.24) is 15.3 Å². The Morgan fingerprint density at radius 1 is 1.36 bits per heavy atom. The number of rotatable bonds is 1. The molecule has 1 aromatic rings. The summed E-state index contributed by atoms with van der Waals surface area (Å²) in [6, 6.07) is 0. The molecule has 60 valence electrons. The van der Waals surface area contributed by atoms with Crippen molar-refractivity contribution in [2.75, 3.05) is 31.1 Å². The van der Waals surface area contributed by atoms with E-state index >= 15 is 0 Å². The Bertz CT molecular complexity index is 200. The van der Waals surface area contributed by atoms with E-state index in [0.29, 0.717) is 0 Å². The number of imidazole rings is 1. The fourth-order valence-electron chi connectivity index (χ4n) is 1.31. The van der Waals surface area contributed by atoms with Crippen molar-refractivity contribution in [3.63, 3.8) is 0 Å². The molecule has 0 atom stereocenters. The van der Waals surface area contributed by atoms with Crippen molar-refractivity contribution >= 4 is 5.95 Å². The zero-order valence-corrected chi connectivity index (χ0v) is 6.38. The van der Waals surface area contributed by atoms with Gasteiger partial charge in [0.05, 0.1) is 0 Å². The predicted molar refractivity (Wildman–Crippen MR) is 43.7 cm³/mol. The molecule has 0 unspecified atom stereocenters. The zero-order chi connectivity index (χ0) is 7.52. The molecule has 2 rings (SSSR count). The highest BCUT2D eigenvalue weighted by Crippen LogP contribution is 2.05. The molecule has 2 N–H and O–H groups in total. The average Bonchev–Trinajstić information content (AvgIpc) is 2.58. The van der Waals surface area contributed by atoms with Gasteiger partial charge in [-0.25, -0.2) is 4.98 Å². The van der Waals surface area contributed by atoms with E-state index in [2.05, 4.69) is 20.2 Å². The maximum absolute atomic E-state index is 4.18. The Kier molecular flexibility index (Phi) is 1.77. The van der Waals surface area contributed by atoms with Gasteiger partial charge in [-0.05, 0) is 0 Å². The van der Waals surface area contributed by atoms with Gasteiger partial charge < -0.3 is 15.2 Å².